The van der Waals surface area contributed by atoms with Crippen LogP contribution in [0.5, 0.6) is 0 Å². The van der Waals surface area contributed by atoms with Crippen LogP contribution < -0.4 is 10.2 Å². The van der Waals surface area contributed by atoms with E-state index in [1.54, 1.807) is 0 Å². The first-order valence-corrected chi connectivity index (χ1v) is 15.7. The van der Waals surface area contributed by atoms with Crippen LogP contribution in [-0.4, -0.2) is 14.1 Å². The van der Waals surface area contributed by atoms with E-state index >= 15 is 0 Å². The number of benzene rings is 3. The molecule has 1 aliphatic carbocycles. The lowest BCUT2D eigenvalue weighted by Crippen LogP contribution is -2.31. The van der Waals surface area contributed by atoms with Crippen LogP contribution >= 0.6 is 0 Å². The summed E-state index contributed by atoms with van der Waals surface area (Å²) in [5.41, 5.74) is 9.01. The molecule has 1 unspecified atom stereocenters. The molecule has 3 aromatic carbocycles. The van der Waals surface area contributed by atoms with Gasteiger partial charge in [0.25, 0.3) is 0 Å². The Morgan fingerprint density at radius 2 is 1.44 bits per heavy atom. The van der Waals surface area contributed by atoms with Crippen molar-refractivity contribution in [2.24, 2.45) is 0 Å². The van der Waals surface area contributed by atoms with Gasteiger partial charge < -0.3 is 10.2 Å². The SMILES string of the molecule is C=C(/C=C/C=C/C=C/C=C/C=C1/N(C)c2ccccc2C12CCCCC2)C(C)(Cc1ccccc1)c1ccccc1NC. The third-order valence-electron chi connectivity index (χ3n) is 9.46. The average molecular weight is 567 g/mol. The van der Waals surface area contributed by atoms with E-state index in [1.165, 1.54) is 60.2 Å². The number of likely N-dealkylation sites (N-methyl/N-ethyl adjacent to an activating group) is 1. The lowest BCUT2D eigenvalue weighted by Gasteiger charge is -2.36. The van der Waals surface area contributed by atoms with Gasteiger partial charge >= 0.3 is 0 Å². The first-order valence-electron chi connectivity index (χ1n) is 15.7. The maximum absolute atomic E-state index is 4.54. The zero-order chi connectivity index (χ0) is 30.1. The minimum Gasteiger partial charge on any atom is -0.388 e. The summed E-state index contributed by atoms with van der Waals surface area (Å²) >= 11 is 0. The van der Waals surface area contributed by atoms with Gasteiger partial charge in [-0.25, -0.2) is 0 Å². The fraction of sp³-hybridized carbons (Fsp3) is 0.268. The summed E-state index contributed by atoms with van der Waals surface area (Å²) in [5.74, 6) is 0. The third kappa shape index (κ3) is 6.39. The van der Waals surface area contributed by atoms with Crippen LogP contribution in [0.1, 0.15) is 55.7 Å². The molecule has 5 rings (SSSR count). The Bertz CT molecular complexity index is 1550. The molecule has 1 fully saturated rings. The molecular weight excluding hydrogens is 520 g/mol. The molecule has 1 N–H and O–H groups in total. The van der Waals surface area contributed by atoms with E-state index in [0.29, 0.717) is 0 Å². The van der Waals surface area contributed by atoms with Crippen molar-refractivity contribution in [3.05, 3.63) is 168 Å². The van der Waals surface area contributed by atoms with Gasteiger partial charge in [-0.3, -0.25) is 0 Å². The summed E-state index contributed by atoms with van der Waals surface area (Å²) in [6.07, 6.45) is 26.6. The first-order chi connectivity index (χ1) is 21.0. The Labute approximate surface area is 259 Å². The minimum atomic E-state index is -0.250. The summed E-state index contributed by atoms with van der Waals surface area (Å²) in [6, 6.07) is 28.2. The molecular formula is C41H46N2. The van der Waals surface area contributed by atoms with Gasteiger partial charge in [-0.1, -0.05) is 148 Å². The molecule has 1 heterocycles. The van der Waals surface area contributed by atoms with Gasteiger partial charge in [0.2, 0.25) is 0 Å². The fourth-order valence-corrected chi connectivity index (χ4v) is 7.10. The Kier molecular flexibility index (Phi) is 9.67. The Morgan fingerprint density at radius 3 is 2.19 bits per heavy atom. The van der Waals surface area contributed by atoms with E-state index in [4.69, 9.17) is 0 Å². The highest BCUT2D eigenvalue weighted by Gasteiger charge is 2.45. The Hall–Kier alpha value is -4.30. The maximum atomic E-state index is 4.54. The third-order valence-corrected chi connectivity index (χ3v) is 9.46. The number of hydrogen-bond acceptors (Lipinski definition) is 2. The number of nitrogens with one attached hydrogen (secondary N) is 1. The van der Waals surface area contributed by atoms with E-state index in [2.05, 4.69) is 164 Å². The van der Waals surface area contributed by atoms with Crippen LogP contribution in [-0.2, 0) is 17.3 Å². The molecule has 3 aromatic rings. The molecule has 2 nitrogen and oxygen atoms in total. The molecule has 0 aromatic heterocycles. The van der Waals surface area contributed by atoms with Gasteiger partial charge in [-0.05, 0) is 59.7 Å². The first kappa shape index (κ1) is 30.2. The van der Waals surface area contributed by atoms with Crippen molar-refractivity contribution in [1.82, 2.24) is 0 Å². The number of rotatable bonds is 10. The largest absolute Gasteiger partial charge is 0.388 e. The van der Waals surface area contributed by atoms with Crippen LogP contribution in [0.4, 0.5) is 11.4 Å². The van der Waals surface area contributed by atoms with Crippen LogP contribution in [0, 0.1) is 0 Å². The van der Waals surface area contributed by atoms with Crippen LogP contribution in [0.25, 0.3) is 0 Å². The quantitative estimate of drug-likeness (QED) is 0.246. The van der Waals surface area contributed by atoms with E-state index in [9.17, 15) is 0 Å². The van der Waals surface area contributed by atoms with Gasteiger partial charge in [0.15, 0.2) is 0 Å². The highest BCUT2D eigenvalue weighted by molar-refractivity contribution is 5.71. The zero-order valence-corrected chi connectivity index (χ0v) is 26.1. The summed E-state index contributed by atoms with van der Waals surface area (Å²) in [5, 5.41) is 3.38. The zero-order valence-electron chi connectivity index (χ0n) is 26.1. The number of fused-ring (bicyclic) bond motifs is 2. The van der Waals surface area contributed by atoms with E-state index in [-0.39, 0.29) is 10.8 Å². The fourth-order valence-electron chi connectivity index (χ4n) is 7.10. The molecule has 1 spiro atoms. The minimum absolute atomic E-state index is 0.174. The normalized spacial score (nSPS) is 18.8. The number of para-hydroxylation sites is 2. The van der Waals surface area contributed by atoms with Crippen LogP contribution in [0.3, 0.4) is 0 Å². The number of nitrogens with zero attached hydrogens (tertiary/aromatic N) is 1. The van der Waals surface area contributed by atoms with Crippen LogP contribution in [0.15, 0.2) is 151 Å². The molecule has 43 heavy (non-hydrogen) atoms. The number of anilines is 2. The van der Waals surface area contributed by atoms with E-state index in [1.807, 2.05) is 7.05 Å². The maximum Gasteiger partial charge on any atom is 0.0448 e. The Balaban J connectivity index is 1.26. The molecule has 2 aliphatic rings. The van der Waals surface area contributed by atoms with Crippen molar-refractivity contribution in [1.29, 1.82) is 0 Å². The number of allylic oxidation sites excluding steroid dienone is 11. The highest BCUT2D eigenvalue weighted by Crippen LogP contribution is 2.54. The second kappa shape index (κ2) is 13.8. The average Bonchev–Trinajstić information content (AvgIpc) is 3.27. The standard InChI is InChI=1S/C41H46N2/c1-33(40(2,32-34-23-13-10-14-24-34)35-25-16-18-27-37(35)42-3)22-12-8-6-5-7-9-15-29-39-41(30-20-11-21-31-41)36-26-17-19-28-38(36)43(39)4/h5-10,12-19,22-29,42H,1,11,20-21,30-32H2,2-4H3/b7-5+,8-6+,15-9+,22-12+,39-29+. The molecule has 0 saturated heterocycles. The van der Waals surface area contributed by atoms with Crippen LogP contribution in [0.2, 0.25) is 0 Å². The van der Waals surface area contributed by atoms with E-state index in [0.717, 1.165) is 17.7 Å². The molecule has 220 valence electrons. The Morgan fingerprint density at radius 1 is 0.814 bits per heavy atom. The van der Waals surface area contributed by atoms with Crippen molar-refractivity contribution < 1.29 is 0 Å². The lowest BCUT2D eigenvalue weighted by atomic mass is 9.68. The van der Waals surface area contributed by atoms with Crippen molar-refractivity contribution >= 4 is 11.4 Å². The van der Waals surface area contributed by atoms with Gasteiger partial charge in [0.05, 0.1) is 0 Å². The van der Waals surface area contributed by atoms with Crippen molar-refractivity contribution in [3.63, 3.8) is 0 Å². The molecule has 1 saturated carbocycles. The summed E-state index contributed by atoms with van der Waals surface area (Å²) in [6.45, 7) is 6.83. The van der Waals surface area contributed by atoms with E-state index < -0.39 is 0 Å². The predicted octanol–water partition coefficient (Wildman–Crippen LogP) is 10.2. The molecule has 0 radical (unpaired) electrons. The smallest absolute Gasteiger partial charge is 0.0448 e. The highest BCUT2D eigenvalue weighted by atomic mass is 15.2. The molecule has 1 atom stereocenters. The lowest BCUT2D eigenvalue weighted by molar-refractivity contribution is 0.347. The molecule has 0 amide bonds. The second-order valence-corrected chi connectivity index (χ2v) is 12.1. The van der Waals surface area contributed by atoms with Crippen molar-refractivity contribution in [2.45, 2.75) is 56.3 Å². The monoisotopic (exact) mass is 566 g/mol. The topological polar surface area (TPSA) is 15.3 Å². The second-order valence-electron chi connectivity index (χ2n) is 12.1. The van der Waals surface area contributed by atoms with Gasteiger partial charge in [-0.2, -0.15) is 0 Å². The molecule has 0 bridgehead atoms. The van der Waals surface area contributed by atoms with Gasteiger partial charge in [0.1, 0.15) is 0 Å². The van der Waals surface area contributed by atoms with Crippen molar-refractivity contribution in [3.8, 4) is 0 Å². The number of hydrogen-bond donors (Lipinski definition) is 1. The van der Waals surface area contributed by atoms with Crippen molar-refractivity contribution in [2.75, 3.05) is 24.3 Å². The van der Waals surface area contributed by atoms with Gasteiger partial charge in [-0.15, -0.1) is 0 Å². The van der Waals surface area contributed by atoms with Gasteiger partial charge in [0, 0.05) is 42.0 Å². The summed E-state index contributed by atoms with van der Waals surface area (Å²) < 4.78 is 0. The predicted molar refractivity (Wildman–Crippen MR) is 187 cm³/mol. The summed E-state index contributed by atoms with van der Waals surface area (Å²) in [4.78, 5) is 2.41. The summed E-state index contributed by atoms with van der Waals surface area (Å²) in [7, 11) is 4.21. The molecule has 2 heteroatoms. The molecule has 1 aliphatic heterocycles.